The number of benzene rings is 1. The largest absolute Gasteiger partial charge is 0.486 e. The van der Waals surface area contributed by atoms with Gasteiger partial charge in [-0.25, -0.2) is 0 Å². The second-order valence-corrected chi connectivity index (χ2v) is 6.41. The van der Waals surface area contributed by atoms with Crippen LogP contribution in [0.3, 0.4) is 0 Å². The second kappa shape index (κ2) is 5.50. The summed E-state index contributed by atoms with van der Waals surface area (Å²) in [6, 6.07) is 7.21. The Bertz CT molecular complexity index is 507. The number of hydrogen-bond donors (Lipinski definition) is 1. The van der Waals surface area contributed by atoms with Crippen molar-refractivity contribution in [1.82, 2.24) is 5.32 Å². The van der Waals surface area contributed by atoms with Crippen molar-refractivity contribution in [3.05, 3.63) is 23.8 Å². The molecule has 114 valence electrons. The highest BCUT2D eigenvalue weighted by molar-refractivity contribution is 5.46. The molecule has 2 fully saturated rings. The van der Waals surface area contributed by atoms with Crippen LogP contribution in [-0.4, -0.2) is 39.0 Å². The summed E-state index contributed by atoms with van der Waals surface area (Å²) >= 11 is 0. The Morgan fingerprint density at radius 3 is 2.52 bits per heavy atom. The normalized spacial score (nSPS) is 23.8. The SMILES string of the molecule is c1cc2c(cc1C1(CNC3CC3)CCOCC1)OCCO2. The van der Waals surface area contributed by atoms with Crippen LogP contribution in [0.1, 0.15) is 31.2 Å². The Morgan fingerprint density at radius 1 is 1.00 bits per heavy atom. The summed E-state index contributed by atoms with van der Waals surface area (Å²) in [5.74, 6) is 1.78. The van der Waals surface area contributed by atoms with Crippen molar-refractivity contribution in [2.75, 3.05) is 33.0 Å². The highest BCUT2D eigenvalue weighted by atomic mass is 16.6. The molecule has 0 amide bonds. The van der Waals surface area contributed by atoms with Gasteiger partial charge in [0.05, 0.1) is 0 Å². The van der Waals surface area contributed by atoms with Crippen molar-refractivity contribution < 1.29 is 14.2 Å². The molecule has 0 atom stereocenters. The van der Waals surface area contributed by atoms with E-state index in [1.54, 1.807) is 0 Å². The van der Waals surface area contributed by atoms with Gasteiger partial charge in [0.25, 0.3) is 0 Å². The van der Waals surface area contributed by atoms with Crippen LogP contribution in [-0.2, 0) is 10.2 Å². The van der Waals surface area contributed by atoms with E-state index in [0.717, 1.165) is 50.1 Å². The number of fused-ring (bicyclic) bond motifs is 1. The topological polar surface area (TPSA) is 39.7 Å². The summed E-state index contributed by atoms with van der Waals surface area (Å²) in [5.41, 5.74) is 1.54. The summed E-state index contributed by atoms with van der Waals surface area (Å²) in [5, 5.41) is 3.72. The van der Waals surface area contributed by atoms with Crippen LogP contribution >= 0.6 is 0 Å². The fourth-order valence-electron chi connectivity index (χ4n) is 3.33. The summed E-state index contributed by atoms with van der Waals surface area (Å²) in [6.45, 7) is 4.03. The molecule has 0 spiro atoms. The van der Waals surface area contributed by atoms with E-state index in [0.29, 0.717) is 13.2 Å². The summed E-state index contributed by atoms with van der Waals surface area (Å²) in [6.07, 6.45) is 4.81. The van der Waals surface area contributed by atoms with Gasteiger partial charge in [-0.05, 0) is 43.4 Å². The van der Waals surface area contributed by atoms with E-state index in [9.17, 15) is 0 Å². The standard InChI is InChI=1S/C17H23NO3/c1-4-15-16(21-10-9-20-15)11-13(1)17(5-7-19-8-6-17)12-18-14-2-3-14/h1,4,11,14,18H,2-3,5-10,12H2. The van der Waals surface area contributed by atoms with Crippen molar-refractivity contribution in [2.24, 2.45) is 0 Å². The van der Waals surface area contributed by atoms with Gasteiger partial charge in [-0.3, -0.25) is 0 Å². The van der Waals surface area contributed by atoms with E-state index in [1.165, 1.54) is 18.4 Å². The molecule has 21 heavy (non-hydrogen) atoms. The van der Waals surface area contributed by atoms with E-state index in [1.807, 2.05) is 0 Å². The molecule has 1 aliphatic carbocycles. The number of hydrogen-bond acceptors (Lipinski definition) is 4. The minimum Gasteiger partial charge on any atom is -0.486 e. The third-order valence-corrected chi connectivity index (χ3v) is 4.91. The molecule has 4 rings (SSSR count). The van der Waals surface area contributed by atoms with E-state index < -0.39 is 0 Å². The van der Waals surface area contributed by atoms with Crippen LogP contribution in [0, 0.1) is 0 Å². The molecular weight excluding hydrogens is 266 g/mol. The number of nitrogens with one attached hydrogen (secondary N) is 1. The Balaban J connectivity index is 1.61. The van der Waals surface area contributed by atoms with Gasteiger partial charge in [0, 0.05) is 31.2 Å². The van der Waals surface area contributed by atoms with Crippen LogP contribution in [0.2, 0.25) is 0 Å². The zero-order valence-corrected chi connectivity index (χ0v) is 12.4. The van der Waals surface area contributed by atoms with Gasteiger partial charge in [0.15, 0.2) is 11.5 Å². The fraction of sp³-hybridized carbons (Fsp3) is 0.647. The monoisotopic (exact) mass is 289 g/mol. The van der Waals surface area contributed by atoms with Gasteiger partial charge in [0.2, 0.25) is 0 Å². The van der Waals surface area contributed by atoms with E-state index in [4.69, 9.17) is 14.2 Å². The Hall–Kier alpha value is -1.26. The maximum atomic E-state index is 5.76. The molecule has 0 bridgehead atoms. The van der Waals surface area contributed by atoms with E-state index >= 15 is 0 Å². The molecule has 1 aromatic rings. The number of ether oxygens (including phenoxy) is 3. The van der Waals surface area contributed by atoms with Crippen LogP contribution < -0.4 is 14.8 Å². The van der Waals surface area contributed by atoms with Crippen LogP contribution in [0.4, 0.5) is 0 Å². The maximum Gasteiger partial charge on any atom is 0.161 e. The predicted octanol–water partition coefficient (Wildman–Crippen LogP) is 2.26. The lowest BCUT2D eigenvalue weighted by molar-refractivity contribution is 0.0495. The molecule has 4 nitrogen and oxygen atoms in total. The predicted molar refractivity (Wildman–Crippen MR) is 80.2 cm³/mol. The summed E-state index contributed by atoms with van der Waals surface area (Å²) in [4.78, 5) is 0. The van der Waals surface area contributed by atoms with Crippen molar-refractivity contribution in [3.8, 4) is 11.5 Å². The Kier molecular flexibility index (Phi) is 3.51. The van der Waals surface area contributed by atoms with Crippen LogP contribution in [0.25, 0.3) is 0 Å². The molecule has 1 aromatic carbocycles. The fourth-order valence-corrected chi connectivity index (χ4v) is 3.33. The summed E-state index contributed by atoms with van der Waals surface area (Å²) in [7, 11) is 0. The average Bonchev–Trinajstić information content (AvgIpc) is 3.38. The highest BCUT2D eigenvalue weighted by Gasteiger charge is 2.36. The van der Waals surface area contributed by atoms with Gasteiger partial charge < -0.3 is 19.5 Å². The van der Waals surface area contributed by atoms with Gasteiger partial charge in [0.1, 0.15) is 13.2 Å². The molecule has 1 N–H and O–H groups in total. The molecule has 2 heterocycles. The van der Waals surface area contributed by atoms with Gasteiger partial charge in [-0.1, -0.05) is 6.07 Å². The first-order valence-corrected chi connectivity index (χ1v) is 8.07. The second-order valence-electron chi connectivity index (χ2n) is 6.41. The Labute approximate surface area is 125 Å². The minimum absolute atomic E-state index is 0.177. The van der Waals surface area contributed by atoms with Gasteiger partial charge >= 0.3 is 0 Å². The molecule has 0 unspecified atom stereocenters. The molecule has 1 saturated heterocycles. The number of rotatable bonds is 4. The van der Waals surface area contributed by atoms with Crippen molar-refractivity contribution >= 4 is 0 Å². The molecule has 3 aliphatic rings. The Morgan fingerprint density at radius 2 is 1.76 bits per heavy atom. The van der Waals surface area contributed by atoms with Gasteiger partial charge in [-0.15, -0.1) is 0 Å². The average molecular weight is 289 g/mol. The zero-order valence-electron chi connectivity index (χ0n) is 12.4. The van der Waals surface area contributed by atoms with Crippen molar-refractivity contribution in [2.45, 2.75) is 37.1 Å². The first-order valence-electron chi connectivity index (χ1n) is 8.07. The lowest BCUT2D eigenvalue weighted by Crippen LogP contribution is -2.43. The highest BCUT2D eigenvalue weighted by Crippen LogP contribution is 2.40. The van der Waals surface area contributed by atoms with Gasteiger partial charge in [-0.2, -0.15) is 0 Å². The van der Waals surface area contributed by atoms with Crippen molar-refractivity contribution in [3.63, 3.8) is 0 Å². The molecule has 4 heteroatoms. The van der Waals surface area contributed by atoms with Crippen LogP contribution in [0.15, 0.2) is 18.2 Å². The van der Waals surface area contributed by atoms with Crippen molar-refractivity contribution in [1.29, 1.82) is 0 Å². The first kappa shape index (κ1) is 13.4. The third kappa shape index (κ3) is 2.74. The lowest BCUT2D eigenvalue weighted by atomic mass is 9.74. The quantitative estimate of drug-likeness (QED) is 0.923. The smallest absolute Gasteiger partial charge is 0.161 e. The van der Waals surface area contributed by atoms with E-state index in [-0.39, 0.29) is 5.41 Å². The lowest BCUT2D eigenvalue weighted by Gasteiger charge is -2.38. The van der Waals surface area contributed by atoms with Crippen LogP contribution in [0.5, 0.6) is 11.5 Å². The summed E-state index contributed by atoms with van der Waals surface area (Å²) < 4.78 is 17.0. The maximum absolute atomic E-state index is 5.76. The third-order valence-electron chi connectivity index (χ3n) is 4.91. The molecule has 2 aliphatic heterocycles. The molecule has 0 radical (unpaired) electrons. The zero-order chi connectivity index (χ0) is 14.1. The first-order chi connectivity index (χ1) is 10.4. The minimum atomic E-state index is 0.177. The molecule has 0 aromatic heterocycles. The van der Waals surface area contributed by atoms with E-state index in [2.05, 4.69) is 23.5 Å². The molecular formula is C17H23NO3. The molecule has 1 saturated carbocycles.